The molecule has 1 amide bonds. The third-order valence-corrected chi connectivity index (χ3v) is 7.47. The topological polar surface area (TPSA) is 139 Å². The van der Waals surface area contributed by atoms with Crippen LogP contribution in [0.25, 0.3) is 10.9 Å². The Balaban J connectivity index is 1.56. The first-order valence-corrected chi connectivity index (χ1v) is 12.9. The Kier molecular flexibility index (Phi) is 7.21. The van der Waals surface area contributed by atoms with Crippen molar-refractivity contribution in [1.82, 2.24) is 24.5 Å². The minimum Gasteiger partial charge on any atom is -0.329 e. The largest absolute Gasteiger partial charge is 0.329 e. The molecule has 0 fully saturated rings. The second-order valence-electron chi connectivity index (χ2n) is 8.55. The number of carbonyl (C=O) groups excluding carboxylic acids is 2. The molecule has 11 nitrogen and oxygen atoms in total. The molecule has 0 atom stereocenters. The first-order valence-electron chi connectivity index (χ1n) is 11.5. The van der Waals surface area contributed by atoms with Crippen LogP contribution >= 0.6 is 0 Å². The van der Waals surface area contributed by atoms with Crippen LogP contribution in [0.3, 0.4) is 0 Å². The molecule has 0 bridgehead atoms. The maximum Gasteiger partial charge on any atom is 0.264 e. The number of aromatic nitrogens is 4. The molecular weight excluding hydrogens is 494 g/mol. The van der Waals surface area contributed by atoms with E-state index in [1.165, 1.54) is 6.07 Å². The summed E-state index contributed by atoms with van der Waals surface area (Å²) in [7, 11) is -0.335. The summed E-state index contributed by atoms with van der Waals surface area (Å²) in [6, 6.07) is 12.5. The third-order valence-electron chi connectivity index (χ3n) is 5.96. The van der Waals surface area contributed by atoms with E-state index >= 15 is 0 Å². The lowest BCUT2D eigenvalue weighted by atomic mass is 10.2. The number of aldehydes is 1. The van der Waals surface area contributed by atoms with Crippen LogP contribution in [0.2, 0.25) is 0 Å². The van der Waals surface area contributed by atoms with Gasteiger partial charge in [-0.2, -0.15) is 10.1 Å². The van der Waals surface area contributed by atoms with E-state index in [0.717, 1.165) is 22.3 Å². The summed E-state index contributed by atoms with van der Waals surface area (Å²) in [5.74, 6) is 0.135. The first-order chi connectivity index (χ1) is 17.6. The van der Waals surface area contributed by atoms with Gasteiger partial charge >= 0.3 is 0 Å². The maximum atomic E-state index is 12.8. The molecule has 0 radical (unpaired) electrons. The van der Waals surface area contributed by atoms with Gasteiger partial charge in [0, 0.05) is 55.6 Å². The molecule has 2 heterocycles. The zero-order valence-electron chi connectivity index (χ0n) is 20.9. The number of amides is 1. The van der Waals surface area contributed by atoms with Crippen LogP contribution in [0.15, 0.2) is 53.6 Å². The van der Waals surface area contributed by atoms with Crippen molar-refractivity contribution in [3.63, 3.8) is 0 Å². The number of aryl methyl sites for hydroxylation is 3. The van der Waals surface area contributed by atoms with Crippen LogP contribution in [0, 0.1) is 13.8 Å². The van der Waals surface area contributed by atoms with Crippen LogP contribution in [0.5, 0.6) is 0 Å². The van der Waals surface area contributed by atoms with Crippen LogP contribution in [0.4, 0.5) is 23.1 Å². The molecule has 2 aromatic heterocycles. The fraction of sp³-hybridized carbons (Fsp3) is 0.240. The minimum atomic E-state index is -4.12. The van der Waals surface area contributed by atoms with Crippen LogP contribution < -0.4 is 14.9 Å². The lowest BCUT2D eigenvalue weighted by Gasteiger charge is -2.19. The first kappa shape index (κ1) is 25.8. The van der Waals surface area contributed by atoms with Crippen molar-refractivity contribution in [3.05, 3.63) is 59.9 Å². The summed E-state index contributed by atoms with van der Waals surface area (Å²) in [6.07, 6.45) is 1.90. The van der Waals surface area contributed by atoms with Crippen LogP contribution in [0.1, 0.15) is 24.1 Å². The lowest BCUT2D eigenvalue weighted by Crippen LogP contribution is -2.30. The van der Waals surface area contributed by atoms with Crippen LogP contribution in [-0.2, 0) is 26.7 Å². The van der Waals surface area contributed by atoms with Gasteiger partial charge in [-0.3, -0.25) is 9.48 Å². The van der Waals surface area contributed by atoms with Gasteiger partial charge in [-0.05, 0) is 55.8 Å². The number of benzene rings is 2. The Morgan fingerprint density at radius 2 is 1.92 bits per heavy atom. The predicted molar refractivity (Wildman–Crippen MR) is 141 cm³/mol. The molecular formula is C25H27N7O4S. The summed E-state index contributed by atoms with van der Waals surface area (Å²) in [4.78, 5) is 33.0. The van der Waals surface area contributed by atoms with Crippen LogP contribution in [-0.4, -0.2) is 47.4 Å². The number of anilines is 4. The molecule has 192 valence electrons. The molecule has 0 unspecified atom stereocenters. The minimum absolute atomic E-state index is 0.0561. The Morgan fingerprint density at radius 1 is 1.14 bits per heavy atom. The van der Waals surface area contributed by atoms with E-state index < -0.39 is 15.9 Å². The average Bonchev–Trinajstić information content (AvgIpc) is 3.15. The molecule has 0 aliphatic carbocycles. The molecule has 0 aliphatic heterocycles. The number of fused-ring (bicyclic) bond motifs is 1. The number of hydrogen-bond acceptors (Lipinski definition) is 9. The van der Waals surface area contributed by atoms with Gasteiger partial charge in [-0.1, -0.05) is 6.07 Å². The smallest absolute Gasteiger partial charge is 0.264 e. The molecule has 0 aliphatic rings. The van der Waals surface area contributed by atoms with E-state index in [1.54, 1.807) is 31.3 Å². The van der Waals surface area contributed by atoms with Crippen molar-refractivity contribution >= 4 is 56.3 Å². The summed E-state index contributed by atoms with van der Waals surface area (Å²) >= 11 is 0. The molecule has 12 heteroatoms. The average molecular weight is 522 g/mol. The summed E-state index contributed by atoms with van der Waals surface area (Å²) in [6.45, 7) is 3.64. The van der Waals surface area contributed by atoms with Crippen molar-refractivity contribution in [2.75, 3.05) is 17.3 Å². The van der Waals surface area contributed by atoms with Gasteiger partial charge in [0.2, 0.25) is 11.9 Å². The second-order valence-corrected chi connectivity index (χ2v) is 10.2. The number of carbonyl (C=O) groups is 2. The van der Waals surface area contributed by atoms with E-state index in [2.05, 4.69) is 20.4 Å². The van der Waals surface area contributed by atoms with Gasteiger partial charge in [-0.25, -0.2) is 18.1 Å². The van der Waals surface area contributed by atoms with E-state index in [-0.39, 0.29) is 23.7 Å². The van der Waals surface area contributed by atoms with Gasteiger partial charge in [0.25, 0.3) is 10.0 Å². The summed E-state index contributed by atoms with van der Waals surface area (Å²) in [5, 5.41) is 8.65. The summed E-state index contributed by atoms with van der Waals surface area (Å²) < 4.78 is 29.4. The number of rotatable bonds is 9. The molecule has 37 heavy (non-hydrogen) atoms. The zero-order valence-corrected chi connectivity index (χ0v) is 21.7. The van der Waals surface area contributed by atoms with Crippen molar-refractivity contribution in [2.24, 2.45) is 7.05 Å². The molecule has 2 N–H and O–H groups in total. The molecule has 0 saturated heterocycles. The second kappa shape index (κ2) is 10.3. The highest BCUT2D eigenvalue weighted by Crippen LogP contribution is 2.28. The zero-order chi connectivity index (χ0) is 26.7. The van der Waals surface area contributed by atoms with Gasteiger partial charge in [0.15, 0.2) is 0 Å². The molecule has 4 rings (SSSR count). The molecule has 2 aromatic carbocycles. The van der Waals surface area contributed by atoms with E-state index in [4.69, 9.17) is 0 Å². The lowest BCUT2D eigenvalue weighted by molar-refractivity contribution is -0.121. The SMILES string of the molecule is Cc1ccc(Nc2nccc(N(C)c3ccc4c(C)n(C)nc4c3)n2)cc1S(=O)(=O)NC(=O)CCC=O. The standard InChI is InChI=1S/C25H27N7O4S/c1-16-7-8-18(14-22(16)37(35,36)30-24(34)6-5-13-33)27-25-26-12-11-23(28-25)31(3)19-9-10-20-17(2)32(4)29-21(20)15-19/h7-15H,5-6H2,1-4H3,(H,30,34)(H,26,27,28). The van der Waals surface area contributed by atoms with E-state index in [0.29, 0.717) is 23.4 Å². The fourth-order valence-corrected chi connectivity index (χ4v) is 5.08. The molecule has 0 spiro atoms. The predicted octanol–water partition coefficient (Wildman–Crippen LogP) is 3.28. The normalized spacial score (nSPS) is 11.4. The number of nitrogens with zero attached hydrogens (tertiary/aromatic N) is 5. The highest BCUT2D eigenvalue weighted by atomic mass is 32.2. The molecule has 4 aromatic rings. The van der Waals surface area contributed by atoms with Crippen molar-refractivity contribution < 1.29 is 18.0 Å². The van der Waals surface area contributed by atoms with Gasteiger partial charge < -0.3 is 15.0 Å². The van der Waals surface area contributed by atoms with Crippen molar-refractivity contribution in [2.45, 2.75) is 31.6 Å². The third kappa shape index (κ3) is 5.59. The maximum absolute atomic E-state index is 12.8. The Hall–Kier alpha value is -4.32. The Labute approximate surface area is 214 Å². The quantitative estimate of drug-likeness (QED) is 0.318. The van der Waals surface area contributed by atoms with Gasteiger partial charge in [-0.15, -0.1) is 0 Å². The number of hydrogen-bond donors (Lipinski definition) is 2. The molecule has 0 saturated carbocycles. The van der Waals surface area contributed by atoms with Crippen molar-refractivity contribution in [1.29, 1.82) is 0 Å². The van der Waals surface area contributed by atoms with Gasteiger partial charge in [0.05, 0.1) is 10.4 Å². The number of nitrogens with one attached hydrogen (secondary N) is 2. The van der Waals surface area contributed by atoms with Gasteiger partial charge in [0.1, 0.15) is 12.1 Å². The van der Waals surface area contributed by atoms with Crippen molar-refractivity contribution in [3.8, 4) is 0 Å². The number of sulfonamides is 1. The summed E-state index contributed by atoms with van der Waals surface area (Å²) in [5.41, 5.74) is 3.73. The fourth-order valence-electron chi connectivity index (χ4n) is 3.80. The highest BCUT2D eigenvalue weighted by molar-refractivity contribution is 7.90. The van der Waals surface area contributed by atoms with E-state index in [9.17, 15) is 18.0 Å². The Bertz CT molecular complexity index is 1600. The highest BCUT2D eigenvalue weighted by Gasteiger charge is 2.20. The van der Waals surface area contributed by atoms with E-state index in [1.807, 2.05) is 53.5 Å². The Morgan fingerprint density at radius 3 is 2.68 bits per heavy atom. The monoisotopic (exact) mass is 521 g/mol.